The van der Waals surface area contributed by atoms with Crippen molar-refractivity contribution in [3.05, 3.63) is 133 Å². The van der Waals surface area contributed by atoms with Gasteiger partial charge in [-0.05, 0) is 100 Å². The van der Waals surface area contributed by atoms with Gasteiger partial charge in [-0.25, -0.2) is 4.39 Å². The number of fused-ring (bicyclic) bond motifs is 2. The molecule has 0 radical (unpaired) electrons. The summed E-state index contributed by atoms with van der Waals surface area (Å²) in [5.41, 5.74) is 4.62. The summed E-state index contributed by atoms with van der Waals surface area (Å²) in [6.45, 7) is 0. The highest BCUT2D eigenvalue weighted by Crippen LogP contribution is 2.45. The van der Waals surface area contributed by atoms with E-state index in [4.69, 9.17) is 0 Å². The lowest BCUT2D eigenvalue weighted by Gasteiger charge is -2.19. The molecule has 1 heteroatoms. The second kappa shape index (κ2) is 7.62. The Hall–Kier alpha value is -4.75. The third-order valence-corrected chi connectivity index (χ3v) is 7.82. The number of rotatable bonds is 2. The van der Waals surface area contributed by atoms with E-state index < -0.39 is 0 Å². The quantitative estimate of drug-likeness (QED) is 0.173. The van der Waals surface area contributed by atoms with E-state index in [1.54, 1.807) is 12.1 Å². The minimum Gasteiger partial charge on any atom is -0.207 e. The van der Waals surface area contributed by atoms with Crippen LogP contribution in [0.15, 0.2) is 127 Å². The summed E-state index contributed by atoms with van der Waals surface area (Å²) in [4.78, 5) is 0. The van der Waals surface area contributed by atoms with Gasteiger partial charge in [0.05, 0.1) is 0 Å². The van der Waals surface area contributed by atoms with Crippen LogP contribution in [0, 0.1) is 5.82 Å². The molecular weight excluding hydrogens is 451 g/mol. The summed E-state index contributed by atoms with van der Waals surface area (Å²) in [7, 11) is 0. The predicted molar refractivity (Wildman–Crippen MR) is 156 cm³/mol. The second-order valence-corrected chi connectivity index (χ2v) is 9.86. The summed E-state index contributed by atoms with van der Waals surface area (Å²) in [5, 5.41) is 12.5. The minimum atomic E-state index is -0.220. The SMILES string of the molecule is Fc1ccc(-c2c3ccccc3c(-c3cc4ccc5cccc6ccc(c3)c4c56)c3ccccc23)cc1. The van der Waals surface area contributed by atoms with E-state index >= 15 is 0 Å². The fourth-order valence-corrected chi connectivity index (χ4v) is 6.26. The highest BCUT2D eigenvalue weighted by atomic mass is 19.1. The molecule has 0 fully saturated rings. The first kappa shape index (κ1) is 20.4. The lowest BCUT2D eigenvalue weighted by atomic mass is 9.84. The van der Waals surface area contributed by atoms with Crippen molar-refractivity contribution in [3.63, 3.8) is 0 Å². The summed E-state index contributed by atoms with van der Waals surface area (Å²) in [5.74, 6) is -0.220. The van der Waals surface area contributed by atoms with Crippen molar-refractivity contribution >= 4 is 53.9 Å². The maximum absolute atomic E-state index is 13.8. The number of halogens is 1. The molecule has 0 nitrogen and oxygen atoms in total. The maximum Gasteiger partial charge on any atom is 0.123 e. The lowest BCUT2D eigenvalue weighted by Crippen LogP contribution is -1.92. The molecule has 0 aromatic heterocycles. The number of hydrogen-bond donors (Lipinski definition) is 0. The van der Waals surface area contributed by atoms with Gasteiger partial charge < -0.3 is 0 Å². The molecule has 0 saturated carbocycles. The standard InChI is InChI=1S/C36H21F/c37-28-18-16-24(17-19-28)35-29-8-1-3-10-31(29)36(32-11-4-2-9-30(32)35)27-20-25-14-12-22-6-5-7-23-13-15-26(21-27)34(25)33(22)23/h1-21H. The van der Waals surface area contributed by atoms with Gasteiger partial charge in [-0.2, -0.15) is 0 Å². The third-order valence-electron chi connectivity index (χ3n) is 7.82. The van der Waals surface area contributed by atoms with Gasteiger partial charge in [0.2, 0.25) is 0 Å². The summed E-state index contributed by atoms with van der Waals surface area (Å²) in [6.07, 6.45) is 0. The Morgan fingerprint density at radius 3 is 1.30 bits per heavy atom. The van der Waals surface area contributed by atoms with Gasteiger partial charge in [0.25, 0.3) is 0 Å². The molecule has 0 N–H and O–H groups in total. The Morgan fingerprint density at radius 2 is 0.784 bits per heavy atom. The number of benzene rings is 8. The second-order valence-electron chi connectivity index (χ2n) is 9.86. The molecule has 0 spiro atoms. The molecule has 0 unspecified atom stereocenters. The van der Waals surface area contributed by atoms with E-state index in [-0.39, 0.29) is 5.82 Å². The van der Waals surface area contributed by atoms with Crippen LogP contribution in [0.4, 0.5) is 4.39 Å². The Labute approximate surface area is 213 Å². The molecule has 0 heterocycles. The molecule has 0 bridgehead atoms. The van der Waals surface area contributed by atoms with E-state index in [2.05, 4.69) is 103 Å². The molecule has 0 aliphatic rings. The zero-order chi connectivity index (χ0) is 24.5. The first-order valence-electron chi connectivity index (χ1n) is 12.6. The topological polar surface area (TPSA) is 0 Å². The zero-order valence-electron chi connectivity index (χ0n) is 20.0. The molecule has 8 rings (SSSR count). The van der Waals surface area contributed by atoms with Gasteiger partial charge in [0.15, 0.2) is 0 Å². The van der Waals surface area contributed by atoms with Crippen LogP contribution in [0.1, 0.15) is 0 Å². The van der Waals surface area contributed by atoms with E-state index in [1.165, 1.54) is 65.0 Å². The van der Waals surface area contributed by atoms with Crippen molar-refractivity contribution < 1.29 is 4.39 Å². The Morgan fingerprint density at radius 1 is 0.351 bits per heavy atom. The molecule has 172 valence electrons. The largest absolute Gasteiger partial charge is 0.207 e. The van der Waals surface area contributed by atoms with E-state index in [1.807, 2.05) is 12.1 Å². The summed E-state index contributed by atoms with van der Waals surface area (Å²) in [6, 6.07) is 44.3. The van der Waals surface area contributed by atoms with Gasteiger partial charge >= 0.3 is 0 Å². The van der Waals surface area contributed by atoms with Crippen molar-refractivity contribution in [2.75, 3.05) is 0 Å². The highest BCUT2D eigenvalue weighted by molar-refractivity contribution is 6.26. The van der Waals surface area contributed by atoms with Gasteiger partial charge in [-0.15, -0.1) is 0 Å². The van der Waals surface area contributed by atoms with Crippen molar-refractivity contribution in [1.82, 2.24) is 0 Å². The first-order valence-corrected chi connectivity index (χ1v) is 12.6. The Kier molecular flexibility index (Phi) is 4.21. The van der Waals surface area contributed by atoms with Crippen molar-refractivity contribution in [1.29, 1.82) is 0 Å². The lowest BCUT2D eigenvalue weighted by molar-refractivity contribution is 0.628. The van der Waals surface area contributed by atoms with Crippen LogP contribution in [0.2, 0.25) is 0 Å². The maximum atomic E-state index is 13.8. The zero-order valence-corrected chi connectivity index (χ0v) is 20.0. The molecule has 0 amide bonds. The summed E-state index contributed by atoms with van der Waals surface area (Å²) >= 11 is 0. The van der Waals surface area contributed by atoms with E-state index in [0.717, 1.165) is 11.1 Å². The molecule has 37 heavy (non-hydrogen) atoms. The fourth-order valence-electron chi connectivity index (χ4n) is 6.26. The molecule has 0 atom stereocenters. The van der Waals surface area contributed by atoms with Crippen LogP contribution in [0.3, 0.4) is 0 Å². The molecular formula is C36H21F. The fraction of sp³-hybridized carbons (Fsp3) is 0. The van der Waals surface area contributed by atoms with Crippen LogP contribution in [0.5, 0.6) is 0 Å². The van der Waals surface area contributed by atoms with Crippen LogP contribution in [-0.2, 0) is 0 Å². The first-order chi connectivity index (χ1) is 18.3. The normalized spacial score (nSPS) is 11.9. The molecule has 0 aliphatic heterocycles. The van der Waals surface area contributed by atoms with Crippen LogP contribution in [-0.4, -0.2) is 0 Å². The van der Waals surface area contributed by atoms with Gasteiger partial charge in [0.1, 0.15) is 5.82 Å². The van der Waals surface area contributed by atoms with Crippen LogP contribution in [0.25, 0.3) is 76.1 Å². The molecule has 8 aromatic rings. The van der Waals surface area contributed by atoms with Crippen molar-refractivity contribution in [3.8, 4) is 22.3 Å². The van der Waals surface area contributed by atoms with Gasteiger partial charge in [-0.1, -0.05) is 103 Å². The Bertz CT molecular complexity index is 2010. The minimum absolute atomic E-state index is 0.220. The Balaban J connectivity index is 1.52. The average molecular weight is 473 g/mol. The van der Waals surface area contributed by atoms with Crippen LogP contribution >= 0.6 is 0 Å². The average Bonchev–Trinajstić information content (AvgIpc) is 2.95. The molecule has 8 aromatic carbocycles. The smallest absolute Gasteiger partial charge is 0.123 e. The third kappa shape index (κ3) is 2.95. The van der Waals surface area contributed by atoms with Gasteiger partial charge in [-0.3, -0.25) is 0 Å². The summed E-state index contributed by atoms with van der Waals surface area (Å²) < 4.78 is 13.8. The molecule has 0 aliphatic carbocycles. The van der Waals surface area contributed by atoms with Crippen molar-refractivity contribution in [2.24, 2.45) is 0 Å². The predicted octanol–water partition coefficient (Wildman–Crippen LogP) is 10.4. The van der Waals surface area contributed by atoms with Crippen molar-refractivity contribution in [2.45, 2.75) is 0 Å². The van der Waals surface area contributed by atoms with Gasteiger partial charge in [0, 0.05) is 0 Å². The number of hydrogen-bond acceptors (Lipinski definition) is 0. The molecule has 0 saturated heterocycles. The van der Waals surface area contributed by atoms with E-state index in [9.17, 15) is 4.39 Å². The highest BCUT2D eigenvalue weighted by Gasteiger charge is 2.18. The van der Waals surface area contributed by atoms with E-state index in [0.29, 0.717) is 0 Å². The van der Waals surface area contributed by atoms with Crippen LogP contribution < -0.4 is 0 Å². The monoisotopic (exact) mass is 472 g/mol.